The monoisotopic (exact) mass is 243 g/mol. The van der Waals surface area contributed by atoms with E-state index in [0.717, 1.165) is 15.4 Å². The van der Waals surface area contributed by atoms with Crippen LogP contribution >= 0.6 is 11.8 Å². The van der Waals surface area contributed by atoms with E-state index < -0.39 is 0 Å². The van der Waals surface area contributed by atoms with E-state index in [1.807, 2.05) is 37.3 Å². The van der Waals surface area contributed by atoms with Crippen LogP contribution in [0.15, 0.2) is 52.3 Å². The lowest BCUT2D eigenvalue weighted by molar-refractivity contribution is 0.626. The third-order valence-corrected chi connectivity index (χ3v) is 3.63. The summed E-state index contributed by atoms with van der Waals surface area (Å²) in [5.74, 6) is -0.379. The second-order valence-corrected chi connectivity index (χ2v) is 4.70. The van der Waals surface area contributed by atoms with Gasteiger partial charge in [-0.1, -0.05) is 30.0 Å². The maximum Gasteiger partial charge on any atom is 0.124 e. The molecule has 0 aliphatic heterocycles. The van der Waals surface area contributed by atoms with Crippen LogP contribution in [0.5, 0.6) is 0 Å². The summed E-state index contributed by atoms with van der Waals surface area (Å²) in [5.41, 5.74) is 1.52. The molecule has 2 rings (SSSR count). The number of hydrogen-bond donors (Lipinski definition) is 0. The minimum atomic E-state index is -0.379. The highest BCUT2D eigenvalue weighted by atomic mass is 32.2. The predicted molar refractivity (Wildman–Crippen MR) is 66.4 cm³/mol. The van der Waals surface area contributed by atoms with Crippen molar-refractivity contribution >= 4 is 11.8 Å². The van der Waals surface area contributed by atoms with E-state index in [0.29, 0.717) is 5.56 Å². The fourth-order valence-corrected chi connectivity index (χ4v) is 2.43. The molecule has 0 saturated heterocycles. The molecule has 3 heteroatoms. The van der Waals surface area contributed by atoms with Gasteiger partial charge in [0, 0.05) is 9.79 Å². The number of halogens is 1. The van der Waals surface area contributed by atoms with Gasteiger partial charge in [-0.25, -0.2) is 4.39 Å². The molecular formula is C14H10FNS. The topological polar surface area (TPSA) is 23.8 Å². The van der Waals surface area contributed by atoms with E-state index >= 15 is 0 Å². The van der Waals surface area contributed by atoms with Gasteiger partial charge in [0.05, 0.1) is 5.56 Å². The van der Waals surface area contributed by atoms with Crippen molar-refractivity contribution in [3.8, 4) is 6.07 Å². The molecule has 0 fully saturated rings. The number of hydrogen-bond acceptors (Lipinski definition) is 2. The smallest absolute Gasteiger partial charge is 0.124 e. The number of nitrogens with zero attached hydrogens (tertiary/aromatic N) is 1. The van der Waals surface area contributed by atoms with Crippen LogP contribution in [0.4, 0.5) is 4.39 Å². The van der Waals surface area contributed by atoms with E-state index in [1.54, 1.807) is 6.07 Å². The van der Waals surface area contributed by atoms with Crippen molar-refractivity contribution in [3.05, 3.63) is 59.4 Å². The Balaban J connectivity index is 2.37. The fourth-order valence-electron chi connectivity index (χ4n) is 1.47. The number of benzene rings is 2. The number of rotatable bonds is 2. The summed E-state index contributed by atoms with van der Waals surface area (Å²) < 4.78 is 13.0. The minimum Gasteiger partial charge on any atom is -0.207 e. The first-order valence-electron chi connectivity index (χ1n) is 5.14. The van der Waals surface area contributed by atoms with Crippen LogP contribution in [0.2, 0.25) is 0 Å². The molecule has 0 heterocycles. The number of nitriles is 1. The van der Waals surface area contributed by atoms with Crippen LogP contribution in [-0.4, -0.2) is 0 Å². The maximum atomic E-state index is 13.0. The zero-order valence-corrected chi connectivity index (χ0v) is 10.1. The third kappa shape index (κ3) is 2.66. The molecule has 0 aliphatic carbocycles. The molecule has 0 saturated carbocycles. The van der Waals surface area contributed by atoms with E-state index in [1.165, 1.54) is 23.9 Å². The highest BCUT2D eigenvalue weighted by molar-refractivity contribution is 7.99. The van der Waals surface area contributed by atoms with Gasteiger partial charge in [-0.05, 0) is 36.8 Å². The summed E-state index contributed by atoms with van der Waals surface area (Å²) in [6, 6.07) is 14.2. The molecule has 0 bridgehead atoms. The van der Waals surface area contributed by atoms with Gasteiger partial charge >= 0.3 is 0 Å². The zero-order chi connectivity index (χ0) is 12.3. The molecule has 2 aromatic carbocycles. The average Bonchev–Trinajstić information content (AvgIpc) is 2.34. The Morgan fingerprint density at radius 3 is 2.59 bits per heavy atom. The largest absolute Gasteiger partial charge is 0.207 e. The Hall–Kier alpha value is -1.79. The Labute approximate surface area is 104 Å². The lowest BCUT2D eigenvalue weighted by Crippen LogP contribution is -1.85. The zero-order valence-electron chi connectivity index (χ0n) is 9.27. The summed E-state index contributed by atoms with van der Waals surface area (Å²) in [5, 5.41) is 8.96. The van der Waals surface area contributed by atoms with Crippen LogP contribution in [0.25, 0.3) is 0 Å². The first-order valence-corrected chi connectivity index (χ1v) is 5.95. The van der Waals surface area contributed by atoms with Crippen molar-refractivity contribution in [1.82, 2.24) is 0 Å². The minimum absolute atomic E-state index is 0.373. The van der Waals surface area contributed by atoms with Crippen molar-refractivity contribution in [3.63, 3.8) is 0 Å². The van der Waals surface area contributed by atoms with Gasteiger partial charge in [-0.15, -0.1) is 0 Å². The van der Waals surface area contributed by atoms with E-state index in [4.69, 9.17) is 5.26 Å². The van der Waals surface area contributed by atoms with E-state index in [2.05, 4.69) is 0 Å². The Kier molecular flexibility index (Phi) is 3.46. The molecule has 1 nitrogen and oxygen atoms in total. The molecule has 0 aliphatic rings. The van der Waals surface area contributed by atoms with Gasteiger partial charge in [0.25, 0.3) is 0 Å². The van der Waals surface area contributed by atoms with Gasteiger partial charge in [-0.3, -0.25) is 0 Å². The molecule has 2 aromatic rings. The standard InChI is InChI=1S/C14H10FNS/c1-10-4-2-3-5-13(10)17-14-7-6-12(15)8-11(14)9-16/h2-8H,1H3. The highest BCUT2D eigenvalue weighted by Crippen LogP contribution is 2.32. The van der Waals surface area contributed by atoms with Crippen LogP contribution < -0.4 is 0 Å². The lowest BCUT2D eigenvalue weighted by atomic mass is 10.2. The van der Waals surface area contributed by atoms with Crippen molar-refractivity contribution < 1.29 is 4.39 Å². The van der Waals surface area contributed by atoms with Crippen LogP contribution in [0, 0.1) is 24.1 Å². The van der Waals surface area contributed by atoms with Gasteiger partial charge in [0.2, 0.25) is 0 Å². The van der Waals surface area contributed by atoms with E-state index in [9.17, 15) is 4.39 Å². The third-order valence-electron chi connectivity index (χ3n) is 2.38. The highest BCUT2D eigenvalue weighted by Gasteiger charge is 2.06. The average molecular weight is 243 g/mol. The summed E-state index contributed by atoms with van der Waals surface area (Å²) in [6.07, 6.45) is 0. The van der Waals surface area contributed by atoms with Gasteiger partial charge in [0.15, 0.2) is 0 Å². The molecule has 0 atom stereocenters. The molecular weight excluding hydrogens is 233 g/mol. The molecule has 0 unspecified atom stereocenters. The Morgan fingerprint density at radius 2 is 1.88 bits per heavy atom. The summed E-state index contributed by atoms with van der Waals surface area (Å²) in [7, 11) is 0. The summed E-state index contributed by atoms with van der Waals surface area (Å²) in [6.45, 7) is 2.01. The Morgan fingerprint density at radius 1 is 1.12 bits per heavy atom. The fraction of sp³-hybridized carbons (Fsp3) is 0.0714. The van der Waals surface area contributed by atoms with Crippen LogP contribution in [-0.2, 0) is 0 Å². The summed E-state index contributed by atoms with van der Waals surface area (Å²) >= 11 is 1.48. The van der Waals surface area contributed by atoms with Crippen LogP contribution in [0.3, 0.4) is 0 Å². The molecule has 0 N–H and O–H groups in total. The normalized spacial score (nSPS) is 9.94. The van der Waals surface area contributed by atoms with Crippen molar-refractivity contribution in [2.75, 3.05) is 0 Å². The van der Waals surface area contributed by atoms with Gasteiger partial charge < -0.3 is 0 Å². The lowest BCUT2D eigenvalue weighted by Gasteiger charge is -2.06. The van der Waals surface area contributed by atoms with Gasteiger partial charge in [-0.2, -0.15) is 5.26 Å². The molecule has 17 heavy (non-hydrogen) atoms. The molecule has 84 valence electrons. The van der Waals surface area contributed by atoms with Crippen molar-refractivity contribution in [2.24, 2.45) is 0 Å². The molecule has 0 spiro atoms. The molecule has 0 radical (unpaired) electrons. The Bertz CT molecular complexity index is 587. The second kappa shape index (κ2) is 5.03. The van der Waals surface area contributed by atoms with Crippen molar-refractivity contribution in [2.45, 2.75) is 16.7 Å². The first-order chi connectivity index (χ1) is 8.20. The predicted octanol–water partition coefficient (Wildman–Crippen LogP) is 4.16. The molecule has 0 aromatic heterocycles. The van der Waals surface area contributed by atoms with Crippen molar-refractivity contribution in [1.29, 1.82) is 5.26 Å². The van der Waals surface area contributed by atoms with Crippen LogP contribution in [0.1, 0.15) is 11.1 Å². The molecule has 0 amide bonds. The quantitative estimate of drug-likeness (QED) is 0.790. The maximum absolute atomic E-state index is 13.0. The van der Waals surface area contributed by atoms with Gasteiger partial charge in [0.1, 0.15) is 11.9 Å². The number of aryl methyl sites for hydroxylation is 1. The summed E-state index contributed by atoms with van der Waals surface area (Å²) in [4.78, 5) is 1.86. The first kappa shape index (κ1) is 11.7. The SMILES string of the molecule is Cc1ccccc1Sc1ccc(F)cc1C#N. The second-order valence-electron chi connectivity index (χ2n) is 3.62. The van der Waals surface area contributed by atoms with E-state index in [-0.39, 0.29) is 5.82 Å².